The highest BCUT2D eigenvalue weighted by Gasteiger charge is 2.08. The van der Waals surface area contributed by atoms with Gasteiger partial charge in [-0.1, -0.05) is 32.1 Å². The van der Waals surface area contributed by atoms with E-state index in [2.05, 4.69) is 10.5 Å². The quantitative estimate of drug-likeness (QED) is 0.493. The molecule has 0 unspecified atom stereocenters. The third-order valence-corrected chi connectivity index (χ3v) is 2.62. The molecule has 0 heterocycles. The summed E-state index contributed by atoms with van der Waals surface area (Å²) in [5.74, 6) is 0.213. The van der Waals surface area contributed by atoms with Gasteiger partial charge in [0, 0.05) is 12.0 Å². The molecule has 2 N–H and O–H groups in total. The number of aromatic hydroxyl groups is 1. The summed E-state index contributed by atoms with van der Waals surface area (Å²) in [6.45, 7) is 5.93. The van der Waals surface area contributed by atoms with E-state index < -0.39 is 5.91 Å². The highest BCUT2D eigenvalue weighted by molar-refractivity contribution is 8.02. The third-order valence-electron chi connectivity index (χ3n) is 1.81. The molecule has 0 bridgehead atoms. The van der Waals surface area contributed by atoms with E-state index in [0.717, 1.165) is 0 Å². The van der Waals surface area contributed by atoms with E-state index in [4.69, 9.17) is 0 Å². The lowest BCUT2D eigenvalue weighted by Crippen LogP contribution is -2.17. The molecule has 19 heavy (non-hydrogen) atoms. The van der Waals surface area contributed by atoms with Crippen LogP contribution in [0.15, 0.2) is 40.9 Å². The topological polar surface area (TPSA) is 61.7 Å². The number of carbonyl (C=O) groups excluding carboxylic acids is 1. The number of allylic oxidation sites excluding steroid dienone is 1. The van der Waals surface area contributed by atoms with Crippen LogP contribution in [-0.2, 0) is 0 Å². The fourth-order valence-electron chi connectivity index (χ4n) is 1.06. The van der Waals surface area contributed by atoms with Gasteiger partial charge in [-0.3, -0.25) is 4.79 Å². The molecule has 0 saturated heterocycles. The second kappa shape index (κ2) is 11.3. The standard InChI is InChI=1S/C12H14N2O2S.C2H6/c1-2-8-17-9-7-13-14-12(16)10-5-3-4-6-11(10)15;1-2/h2-8,15H,9H2,1H3,(H,14,16);1-2H3/b8-2-,13-7+;. The Bertz CT molecular complexity index is 431. The van der Waals surface area contributed by atoms with E-state index in [1.54, 1.807) is 30.1 Å². The first-order valence-electron chi connectivity index (χ1n) is 6.08. The second-order valence-corrected chi connectivity index (χ2v) is 4.01. The van der Waals surface area contributed by atoms with E-state index >= 15 is 0 Å². The maximum Gasteiger partial charge on any atom is 0.275 e. The highest BCUT2D eigenvalue weighted by Crippen LogP contribution is 2.14. The Morgan fingerprint density at radius 2 is 2.11 bits per heavy atom. The number of nitrogens with zero attached hydrogens (tertiary/aromatic N) is 1. The fraction of sp³-hybridized carbons (Fsp3) is 0.286. The smallest absolute Gasteiger partial charge is 0.275 e. The van der Waals surface area contributed by atoms with Crippen molar-refractivity contribution in [1.82, 2.24) is 5.43 Å². The van der Waals surface area contributed by atoms with Gasteiger partial charge in [-0.25, -0.2) is 5.43 Å². The summed E-state index contributed by atoms with van der Waals surface area (Å²) in [5.41, 5.74) is 2.56. The van der Waals surface area contributed by atoms with Gasteiger partial charge >= 0.3 is 0 Å². The Balaban J connectivity index is 0.00000154. The second-order valence-electron chi connectivity index (χ2n) is 3.07. The van der Waals surface area contributed by atoms with Crippen LogP contribution in [0.25, 0.3) is 0 Å². The van der Waals surface area contributed by atoms with Crippen molar-refractivity contribution in [2.24, 2.45) is 5.10 Å². The number of hydrogen-bond donors (Lipinski definition) is 2. The van der Waals surface area contributed by atoms with E-state index in [1.807, 2.05) is 32.3 Å². The first-order chi connectivity index (χ1) is 9.25. The molecular weight excluding hydrogens is 260 g/mol. The molecule has 1 aromatic rings. The molecule has 5 heteroatoms. The largest absolute Gasteiger partial charge is 0.507 e. The van der Waals surface area contributed by atoms with Crippen LogP contribution < -0.4 is 5.43 Å². The molecule has 0 atom stereocenters. The summed E-state index contributed by atoms with van der Waals surface area (Å²) in [4.78, 5) is 11.5. The number of carbonyl (C=O) groups is 1. The van der Waals surface area contributed by atoms with Gasteiger partial charge < -0.3 is 5.11 Å². The van der Waals surface area contributed by atoms with Crippen LogP contribution in [0, 0.1) is 0 Å². The number of para-hydroxylation sites is 1. The maximum atomic E-state index is 11.5. The first kappa shape index (κ1) is 17.2. The molecule has 1 rings (SSSR count). The SMILES string of the molecule is C/C=C\SC/C=N/NC(=O)c1ccccc1O.CC. The molecule has 1 amide bonds. The minimum absolute atomic E-state index is 0.0523. The normalized spacial score (nSPS) is 10.3. The van der Waals surface area contributed by atoms with Gasteiger partial charge in [0.05, 0.1) is 5.56 Å². The maximum absolute atomic E-state index is 11.5. The van der Waals surface area contributed by atoms with E-state index in [0.29, 0.717) is 5.75 Å². The van der Waals surface area contributed by atoms with Gasteiger partial charge in [0.2, 0.25) is 0 Å². The predicted octanol–water partition coefficient (Wildman–Crippen LogP) is 3.40. The van der Waals surface area contributed by atoms with Crippen molar-refractivity contribution < 1.29 is 9.90 Å². The van der Waals surface area contributed by atoms with Crippen LogP contribution in [0.1, 0.15) is 31.1 Å². The third kappa shape index (κ3) is 7.31. The lowest BCUT2D eigenvalue weighted by atomic mass is 10.2. The number of benzene rings is 1. The molecule has 4 nitrogen and oxygen atoms in total. The fourth-order valence-corrected chi connectivity index (χ4v) is 1.53. The highest BCUT2D eigenvalue weighted by atomic mass is 32.2. The summed E-state index contributed by atoms with van der Waals surface area (Å²) in [7, 11) is 0. The Morgan fingerprint density at radius 3 is 2.74 bits per heavy atom. The summed E-state index contributed by atoms with van der Waals surface area (Å²) < 4.78 is 0. The van der Waals surface area contributed by atoms with Crippen molar-refractivity contribution in [3.05, 3.63) is 41.3 Å². The number of rotatable bonds is 5. The molecule has 0 aliphatic rings. The van der Waals surface area contributed by atoms with E-state index in [9.17, 15) is 9.90 Å². The van der Waals surface area contributed by atoms with E-state index in [-0.39, 0.29) is 11.3 Å². The summed E-state index contributed by atoms with van der Waals surface area (Å²) in [5, 5.41) is 15.1. The monoisotopic (exact) mass is 280 g/mol. The van der Waals surface area contributed by atoms with Gasteiger partial charge in [-0.15, -0.1) is 11.8 Å². The number of hydrazone groups is 1. The Morgan fingerprint density at radius 1 is 1.42 bits per heavy atom. The van der Waals surface area contributed by atoms with Gasteiger partial charge in [-0.05, 0) is 24.5 Å². The zero-order valence-electron chi connectivity index (χ0n) is 11.5. The Kier molecular flexibility index (Phi) is 10.3. The average Bonchev–Trinajstić information content (AvgIpc) is 2.45. The summed E-state index contributed by atoms with van der Waals surface area (Å²) in [6, 6.07) is 6.33. The lowest BCUT2D eigenvalue weighted by molar-refractivity contribution is 0.0952. The summed E-state index contributed by atoms with van der Waals surface area (Å²) in [6.07, 6.45) is 3.53. The number of nitrogens with one attached hydrogen (secondary N) is 1. The molecule has 0 aromatic heterocycles. The van der Waals surface area contributed by atoms with Gasteiger partial charge in [0.1, 0.15) is 5.75 Å². The molecule has 0 aliphatic carbocycles. The van der Waals surface area contributed by atoms with Crippen LogP contribution in [0.5, 0.6) is 5.75 Å². The van der Waals surface area contributed by atoms with Gasteiger partial charge in [0.25, 0.3) is 5.91 Å². The summed E-state index contributed by atoms with van der Waals surface area (Å²) >= 11 is 1.57. The van der Waals surface area contributed by atoms with Gasteiger partial charge in [0.15, 0.2) is 0 Å². The van der Waals surface area contributed by atoms with Crippen LogP contribution in [0.2, 0.25) is 0 Å². The number of hydrogen-bond acceptors (Lipinski definition) is 4. The number of phenols is 1. The number of amides is 1. The van der Waals surface area contributed by atoms with Crippen LogP contribution in [0.4, 0.5) is 0 Å². The van der Waals surface area contributed by atoms with Crippen LogP contribution >= 0.6 is 11.8 Å². The molecule has 0 spiro atoms. The first-order valence-corrected chi connectivity index (χ1v) is 7.13. The van der Waals surface area contributed by atoms with Crippen molar-refractivity contribution in [2.45, 2.75) is 20.8 Å². The predicted molar refractivity (Wildman–Crippen MR) is 82.7 cm³/mol. The zero-order chi connectivity index (χ0) is 14.5. The molecular formula is C14H20N2O2S. The lowest BCUT2D eigenvalue weighted by Gasteiger charge is -2.01. The van der Waals surface area contributed by atoms with Crippen LogP contribution in [0.3, 0.4) is 0 Å². The molecule has 1 aromatic carbocycles. The minimum Gasteiger partial charge on any atom is -0.507 e. The molecule has 0 saturated carbocycles. The Labute approximate surface area is 118 Å². The van der Waals surface area contributed by atoms with Gasteiger partial charge in [-0.2, -0.15) is 5.10 Å². The van der Waals surface area contributed by atoms with Crippen molar-refractivity contribution >= 4 is 23.9 Å². The molecule has 104 valence electrons. The Hall–Kier alpha value is -1.75. The zero-order valence-corrected chi connectivity index (χ0v) is 12.3. The van der Waals surface area contributed by atoms with Crippen LogP contribution in [-0.4, -0.2) is 23.0 Å². The average molecular weight is 280 g/mol. The molecule has 0 fully saturated rings. The number of phenolic OH excluding ortho intramolecular Hbond substituents is 1. The van der Waals surface area contributed by atoms with Crippen molar-refractivity contribution in [2.75, 3.05) is 5.75 Å². The number of thioether (sulfide) groups is 1. The van der Waals surface area contributed by atoms with E-state index in [1.165, 1.54) is 12.1 Å². The minimum atomic E-state index is -0.421. The molecule has 0 aliphatic heterocycles. The van der Waals surface area contributed by atoms with Crippen molar-refractivity contribution in [1.29, 1.82) is 0 Å². The van der Waals surface area contributed by atoms with Crippen molar-refractivity contribution in [3.8, 4) is 5.75 Å². The van der Waals surface area contributed by atoms with Crippen molar-refractivity contribution in [3.63, 3.8) is 0 Å². The molecule has 0 radical (unpaired) electrons.